The van der Waals surface area contributed by atoms with Crippen molar-refractivity contribution in [3.63, 3.8) is 0 Å². The number of ether oxygens (including phenoxy) is 1. The van der Waals surface area contributed by atoms with Gasteiger partial charge in [-0.3, -0.25) is 0 Å². The molecule has 1 rings (SSSR count). The van der Waals surface area contributed by atoms with Crippen LogP contribution in [0.4, 0.5) is 13.2 Å². The van der Waals surface area contributed by atoms with Gasteiger partial charge in [0.05, 0.1) is 5.02 Å². The Kier molecular flexibility index (Phi) is 4.44. The zero-order chi connectivity index (χ0) is 12.2. The van der Waals surface area contributed by atoms with E-state index in [2.05, 4.69) is 4.74 Å². The quantitative estimate of drug-likeness (QED) is 0.895. The minimum absolute atomic E-state index is 0.0492. The molecule has 0 aromatic heterocycles. The van der Waals surface area contributed by atoms with Crippen molar-refractivity contribution >= 4 is 11.6 Å². The number of rotatable bonds is 4. The van der Waals surface area contributed by atoms with Crippen molar-refractivity contribution in [2.24, 2.45) is 5.73 Å². The van der Waals surface area contributed by atoms with Gasteiger partial charge < -0.3 is 10.5 Å². The average Bonchev–Trinajstić information content (AvgIpc) is 2.17. The number of alkyl halides is 3. The molecule has 0 amide bonds. The third kappa shape index (κ3) is 4.28. The molecule has 0 spiro atoms. The molecule has 0 aliphatic heterocycles. The molecule has 0 saturated carbocycles. The lowest BCUT2D eigenvalue weighted by Crippen LogP contribution is -2.17. The Morgan fingerprint density at radius 2 is 2.00 bits per heavy atom. The van der Waals surface area contributed by atoms with Crippen LogP contribution in [-0.4, -0.2) is 12.9 Å². The number of halogens is 4. The number of benzene rings is 1. The van der Waals surface area contributed by atoms with E-state index >= 15 is 0 Å². The highest BCUT2D eigenvalue weighted by molar-refractivity contribution is 6.32. The van der Waals surface area contributed by atoms with Crippen molar-refractivity contribution in [3.8, 4) is 5.75 Å². The molecule has 0 heterocycles. The fourth-order valence-electron chi connectivity index (χ4n) is 1.21. The van der Waals surface area contributed by atoms with Gasteiger partial charge in [-0.2, -0.15) is 0 Å². The number of hydrogen-bond donors (Lipinski definition) is 1. The van der Waals surface area contributed by atoms with E-state index in [0.717, 1.165) is 12.0 Å². The van der Waals surface area contributed by atoms with E-state index in [1.54, 1.807) is 6.07 Å². The number of aryl methyl sites for hydroxylation is 1. The largest absolute Gasteiger partial charge is 0.573 e. The molecule has 0 radical (unpaired) electrons. The van der Waals surface area contributed by atoms with Gasteiger partial charge in [0, 0.05) is 0 Å². The Morgan fingerprint density at radius 3 is 2.50 bits per heavy atom. The van der Waals surface area contributed by atoms with E-state index in [1.807, 2.05) is 0 Å². The highest BCUT2D eigenvalue weighted by Gasteiger charge is 2.31. The van der Waals surface area contributed by atoms with Crippen LogP contribution < -0.4 is 10.5 Å². The minimum atomic E-state index is -4.72. The summed E-state index contributed by atoms with van der Waals surface area (Å²) < 4.78 is 39.5. The maximum atomic E-state index is 11.9. The molecular formula is C10H11ClF3NO. The lowest BCUT2D eigenvalue weighted by atomic mass is 10.1. The fraction of sp³-hybridized carbons (Fsp3) is 0.400. The normalized spacial score (nSPS) is 11.6. The van der Waals surface area contributed by atoms with Crippen LogP contribution in [0.25, 0.3) is 0 Å². The Labute approximate surface area is 96.1 Å². The maximum Gasteiger partial charge on any atom is 0.573 e. The average molecular weight is 254 g/mol. The molecule has 0 atom stereocenters. The van der Waals surface area contributed by atoms with Gasteiger partial charge in [0.2, 0.25) is 0 Å². The summed E-state index contributed by atoms with van der Waals surface area (Å²) in [5.74, 6) is -0.384. The highest BCUT2D eigenvalue weighted by Crippen LogP contribution is 2.30. The molecule has 0 aliphatic carbocycles. The molecule has 0 bridgehead atoms. The van der Waals surface area contributed by atoms with Crippen molar-refractivity contribution in [1.29, 1.82) is 0 Å². The molecule has 0 aliphatic rings. The SMILES string of the molecule is NCCCc1ccc(OC(F)(F)F)c(Cl)c1. The maximum absolute atomic E-state index is 11.9. The van der Waals surface area contributed by atoms with E-state index in [9.17, 15) is 13.2 Å². The van der Waals surface area contributed by atoms with Crippen molar-refractivity contribution in [2.75, 3.05) is 6.54 Å². The Morgan fingerprint density at radius 1 is 1.31 bits per heavy atom. The second-order valence-electron chi connectivity index (χ2n) is 3.20. The first-order chi connectivity index (χ1) is 7.42. The molecule has 90 valence electrons. The van der Waals surface area contributed by atoms with Gasteiger partial charge in [0.15, 0.2) is 0 Å². The van der Waals surface area contributed by atoms with Crippen LogP contribution in [0.5, 0.6) is 5.75 Å². The van der Waals surface area contributed by atoms with E-state index in [1.165, 1.54) is 12.1 Å². The standard InChI is InChI=1S/C10H11ClF3NO/c11-8-6-7(2-1-5-15)3-4-9(8)16-10(12,13)14/h3-4,6H,1-2,5,15H2. The summed E-state index contributed by atoms with van der Waals surface area (Å²) in [5.41, 5.74) is 6.16. The molecule has 6 heteroatoms. The molecule has 0 saturated heterocycles. The molecule has 16 heavy (non-hydrogen) atoms. The van der Waals surface area contributed by atoms with E-state index in [-0.39, 0.29) is 10.8 Å². The summed E-state index contributed by atoms with van der Waals surface area (Å²) in [5, 5.41) is -0.0492. The first-order valence-electron chi connectivity index (χ1n) is 4.66. The smallest absolute Gasteiger partial charge is 0.404 e. The topological polar surface area (TPSA) is 35.2 Å². The summed E-state index contributed by atoms with van der Waals surface area (Å²) >= 11 is 5.66. The zero-order valence-corrected chi connectivity index (χ0v) is 9.11. The fourth-order valence-corrected chi connectivity index (χ4v) is 1.46. The lowest BCUT2D eigenvalue weighted by molar-refractivity contribution is -0.274. The minimum Gasteiger partial charge on any atom is -0.404 e. The first kappa shape index (κ1) is 13.1. The number of hydrogen-bond acceptors (Lipinski definition) is 2. The molecular weight excluding hydrogens is 243 g/mol. The Bertz CT molecular complexity index is 354. The summed E-state index contributed by atoms with van der Waals surface area (Å²) in [4.78, 5) is 0. The van der Waals surface area contributed by atoms with E-state index < -0.39 is 6.36 Å². The summed E-state index contributed by atoms with van der Waals surface area (Å²) in [6, 6.07) is 4.21. The van der Waals surface area contributed by atoms with Gasteiger partial charge >= 0.3 is 6.36 Å². The molecule has 1 aromatic rings. The van der Waals surface area contributed by atoms with Gasteiger partial charge in [-0.15, -0.1) is 13.2 Å². The second kappa shape index (κ2) is 5.41. The van der Waals surface area contributed by atoms with Crippen molar-refractivity contribution in [3.05, 3.63) is 28.8 Å². The summed E-state index contributed by atoms with van der Waals surface area (Å²) in [6.07, 6.45) is -3.28. The third-order valence-corrected chi connectivity index (χ3v) is 2.19. The predicted octanol–water partition coefficient (Wildman–Crippen LogP) is 3.13. The lowest BCUT2D eigenvalue weighted by Gasteiger charge is -2.11. The predicted molar refractivity (Wildman–Crippen MR) is 55.5 cm³/mol. The molecule has 2 N–H and O–H groups in total. The highest BCUT2D eigenvalue weighted by atomic mass is 35.5. The van der Waals surface area contributed by atoms with Crippen LogP contribution in [0.1, 0.15) is 12.0 Å². The summed E-state index contributed by atoms with van der Waals surface area (Å²) in [6.45, 7) is 0.526. The monoisotopic (exact) mass is 253 g/mol. The van der Waals surface area contributed by atoms with Crippen molar-refractivity contribution in [1.82, 2.24) is 0 Å². The van der Waals surface area contributed by atoms with Gasteiger partial charge in [0.25, 0.3) is 0 Å². The molecule has 1 aromatic carbocycles. The van der Waals surface area contributed by atoms with Crippen LogP contribution in [0.3, 0.4) is 0 Å². The summed E-state index contributed by atoms with van der Waals surface area (Å²) in [7, 11) is 0. The van der Waals surface area contributed by atoms with Gasteiger partial charge in [0.1, 0.15) is 5.75 Å². The van der Waals surface area contributed by atoms with Crippen LogP contribution in [0.2, 0.25) is 5.02 Å². The Balaban J connectivity index is 2.75. The second-order valence-corrected chi connectivity index (χ2v) is 3.61. The van der Waals surface area contributed by atoms with Crippen LogP contribution >= 0.6 is 11.6 Å². The third-order valence-electron chi connectivity index (χ3n) is 1.89. The van der Waals surface area contributed by atoms with E-state index in [0.29, 0.717) is 13.0 Å². The first-order valence-corrected chi connectivity index (χ1v) is 5.04. The molecule has 0 unspecified atom stereocenters. The van der Waals surface area contributed by atoms with Gasteiger partial charge in [-0.25, -0.2) is 0 Å². The van der Waals surface area contributed by atoms with Gasteiger partial charge in [-0.1, -0.05) is 17.7 Å². The zero-order valence-electron chi connectivity index (χ0n) is 8.35. The van der Waals surface area contributed by atoms with E-state index in [4.69, 9.17) is 17.3 Å². The number of nitrogens with two attached hydrogens (primary N) is 1. The van der Waals surface area contributed by atoms with Crippen LogP contribution in [0.15, 0.2) is 18.2 Å². The molecule has 2 nitrogen and oxygen atoms in total. The van der Waals surface area contributed by atoms with Crippen molar-refractivity contribution in [2.45, 2.75) is 19.2 Å². The molecule has 0 fully saturated rings. The van der Waals surface area contributed by atoms with Crippen molar-refractivity contribution < 1.29 is 17.9 Å². The van der Waals surface area contributed by atoms with Crippen LogP contribution in [-0.2, 0) is 6.42 Å². The van der Waals surface area contributed by atoms with Gasteiger partial charge in [-0.05, 0) is 37.1 Å². The van der Waals surface area contributed by atoms with Crippen LogP contribution in [0, 0.1) is 0 Å². The Hall–Kier alpha value is -0.940.